The van der Waals surface area contributed by atoms with Crippen molar-refractivity contribution in [1.82, 2.24) is 20.8 Å². The molecule has 3 rings (SSSR count). The summed E-state index contributed by atoms with van der Waals surface area (Å²) in [6.45, 7) is 6.55. The third-order valence-electron chi connectivity index (χ3n) is 4.61. The first kappa shape index (κ1) is 19.8. The molecular weight excluding hydrogens is 356 g/mol. The Morgan fingerprint density at radius 3 is 2.64 bits per heavy atom. The summed E-state index contributed by atoms with van der Waals surface area (Å²) in [5, 5.41) is 15.7. The Balaban J connectivity index is 1.70. The van der Waals surface area contributed by atoms with Crippen LogP contribution in [0.4, 0.5) is 5.69 Å². The van der Waals surface area contributed by atoms with Gasteiger partial charge in [-0.15, -0.1) is 10.6 Å². The van der Waals surface area contributed by atoms with Crippen molar-refractivity contribution in [2.75, 3.05) is 18.2 Å². The maximum atomic E-state index is 13.1. The predicted octanol–water partition coefficient (Wildman–Crippen LogP) is 1.79. The molecule has 148 valence electrons. The SMILES string of the molecule is CCN(CCc1ccc(C(C)(C)O)cn1)C(=O)c1ccccc1N1N=CNN1. The quantitative estimate of drug-likeness (QED) is 0.676. The summed E-state index contributed by atoms with van der Waals surface area (Å²) in [5.74, 6) is -0.0601. The van der Waals surface area contributed by atoms with Gasteiger partial charge in [0.1, 0.15) is 6.34 Å². The number of benzene rings is 1. The number of para-hydroxylation sites is 1. The number of aromatic nitrogens is 1. The number of nitrogens with one attached hydrogen (secondary N) is 2. The largest absolute Gasteiger partial charge is 0.386 e. The molecule has 1 aromatic heterocycles. The molecule has 0 spiro atoms. The van der Waals surface area contributed by atoms with Crippen LogP contribution in [0.3, 0.4) is 0 Å². The second-order valence-corrected chi connectivity index (χ2v) is 7.06. The number of rotatable bonds is 7. The summed E-state index contributed by atoms with van der Waals surface area (Å²) < 4.78 is 0. The zero-order valence-electron chi connectivity index (χ0n) is 16.4. The molecule has 0 saturated heterocycles. The number of anilines is 1. The van der Waals surface area contributed by atoms with Crippen molar-refractivity contribution < 1.29 is 9.90 Å². The summed E-state index contributed by atoms with van der Waals surface area (Å²) in [6.07, 6.45) is 3.84. The van der Waals surface area contributed by atoms with Gasteiger partial charge in [-0.2, -0.15) is 5.12 Å². The van der Waals surface area contributed by atoms with Crippen LogP contribution in [0.25, 0.3) is 0 Å². The minimum absolute atomic E-state index is 0.0601. The zero-order valence-corrected chi connectivity index (χ0v) is 16.4. The first-order valence-corrected chi connectivity index (χ1v) is 9.30. The molecule has 0 atom stereocenters. The lowest BCUT2D eigenvalue weighted by Gasteiger charge is -2.24. The Kier molecular flexibility index (Phi) is 5.91. The zero-order chi connectivity index (χ0) is 20.1. The van der Waals surface area contributed by atoms with E-state index in [-0.39, 0.29) is 5.91 Å². The van der Waals surface area contributed by atoms with E-state index in [1.807, 2.05) is 37.3 Å². The van der Waals surface area contributed by atoms with Gasteiger partial charge in [-0.3, -0.25) is 15.2 Å². The van der Waals surface area contributed by atoms with E-state index in [1.165, 1.54) is 11.5 Å². The highest BCUT2D eigenvalue weighted by Gasteiger charge is 2.22. The lowest BCUT2D eigenvalue weighted by Crippen LogP contribution is -2.38. The molecule has 1 aromatic carbocycles. The second kappa shape index (κ2) is 8.37. The Bertz CT molecular complexity index is 845. The molecule has 0 fully saturated rings. The van der Waals surface area contributed by atoms with Crippen LogP contribution >= 0.6 is 0 Å². The molecule has 2 aromatic rings. The molecule has 8 heteroatoms. The van der Waals surface area contributed by atoms with Crippen molar-refractivity contribution in [3.63, 3.8) is 0 Å². The van der Waals surface area contributed by atoms with Gasteiger partial charge in [-0.1, -0.05) is 18.2 Å². The van der Waals surface area contributed by atoms with Crippen LogP contribution in [0.5, 0.6) is 0 Å². The van der Waals surface area contributed by atoms with Gasteiger partial charge >= 0.3 is 0 Å². The Labute approximate surface area is 164 Å². The van der Waals surface area contributed by atoms with Crippen LogP contribution in [-0.4, -0.2) is 40.3 Å². The summed E-state index contributed by atoms with van der Waals surface area (Å²) in [5.41, 5.74) is 7.62. The highest BCUT2D eigenvalue weighted by atomic mass is 16.3. The number of hydrazine groups is 2. The molecule has 1 amide bonds. The molecule has 8 nitrogen and oxygen atoms in total. The lowest BCUT2D eigenvalue weighted by atomic mass is 10.0. The molecule has 0 aliphatic carbocycles. The van der Waals surface area contributed by atoms with Crippen molar-refractivity contribution in [3.05, 3.63) is 59.4 Å². The van der Waals surface area contributed by atoms with Crippen molar-refractivity contribution >= 4 is 17.9 Å². The van der Waals surface area contributed by atoms with Gasteiger partial charge < -0.3 is 10.0 Å². The van der Waals surface area contributed by atoms with E-state index in [9.17, 15) is 9.90 Å². The molecule has 1 aliphatic rings. The minimum atomic E-state index is -0.915. The number of carbonyl (C=O) groups excluding carboxylic acids is 1. The average Bonchev–Trinajstić information content (AvgIpc) is 3.22. The fraction of sp³-hybridized carbons (Fsp3) is 0.350. The molecule has 1 aliphatic heterocycles. The Hall–Kier alpha value is -2.97. The topological polar surface area (TPSA) is 93.1 Å². The van der Waals surface area contributed by atoms with Gasteiger partial charge in [0.05, 0.1) is 16.9 Å². The van der Waals surface area contributed by atoms with Crippen LogP contribution in [0.1, 0.15) is 42.4 Å². The maximum absolute atomic E-state index is 13.1. The van der Waals surface area contributed by atoms with Crippen LogP contribution in [-0.2, 0) is 12.0 Å². The fourth-order valence-electron chi connectivity index (χ4n) is 2.92. The van der Waals surface area contributed by atoms with E-state index in [0.717, 1.165) is 11.3 Å². The maximum Gasteiger partial charge on any atom is 0.256 e. The van der Waals surface area contributed by atoms with Crippen molar-refractivity contribution in [2.24, 2.45) is 5.10 Å². The summed E-state index contributed by atoms with van der Waals surface area (Å²) >= 11 is 0. The van der Waals surface area contributed by atoms with Gasteiger partial charge in [0.2, 0.25) is 0 Å². The van der Waals surface area contributed by atoms with E-state index in [0.29, 0.717) is 30.8 Å². The van der Waals surface area contributed by atoms with E-state index >= 15 is 0 Å². The molecule has 3 N–H and O–H groups in total. The van der Waals surface area contributed by atoms with E-state index in [4.69, 9.17) is 0 Å². The lowest BCUT2D eigenvalue weighted by molar-refractivity contribution is 0.0766. The number of pyridine rings is 1. The van der Waals surface area contributed by atoms with Crippen LogP contribution in [0.2, 0.25) is 0 Å². The van der Waals surface area contributed by atoms with Gasteiger partial charge in [-0.25, -0.2) is 0 Å². The highest BCUT2D eigenvalue weighted by Crippen LogP contribution is 2.22. The monoisotopic (exact) mass is 382 g/mol. The molecule has 2 heterocycles. The Morgan fingerprint density at radius 1 is 1.25 bits per heavy atom. The molecular formula is C20H26N6O2. The summed E-state index contributed by atoms with van der Waals surface area (Å²) in [4.78, 5) is 19.3. The molecule has 0 bridgehead atoms. The number of hydrogen-bond donors (Lipinski definition) is 3. The normalized spacial score (nSPS) is 13.5. The summed E-state index contributed by atoms with van der Waals surface area (Å²) in [7, 11) is 0. The first-order chi connectivity index (χ1) is 13.4. The third kappa shape index (κ3) is 4.47. The van der Waals surface area contributed by atoms with Gasteiger partial charge in [0, 0.05) is 37.0 Å². The average molecular weight is 382 g/mol. The number of hydrogen-bond acceptors (Lipinski definition) is 7. The number of aliphatic hydroxyl groups is 1. The number of likely N-dealkylation sites (N-methyl/N-ethyl adjacent to an activating group) is 1. The van der Waals surface area contributed by atoms with Crippen molar-refractivity contribution in [1.29, 1.82) is 0 Å². The first-order valence-electron chi connectivity index (χ1n) is 9.30. The molecule has 28 heavy (non-hydrogen) atoms. The standard InChI is InChI=1S/C20H26N6O2/c1-4-25(12-11-16-10-9-15(13-21-16)20(2,3)28)19(27)17-7-5-6-8-18(17)26-23-14-22-24-26/h5-10,13-14,24,28H,4,11-12H2,1-3H3,(H,22,23). The molecule has 0 unspecified atom stereocenters. The third-order valence-corrected chi connectivity index (χ3v) is 4.61. The number of hydrazone groups is 1. The molecule has 0 saturated carbocycles. The van der Waals surface area contributed by atoms with Crippen molar-refractivity contribution in [2.45, 2.75) is 32.8 Å². The van der Waals surface area contributed by atoms with Gasteiger partial charge in [0.25, 0.3) is 5.91 Å². The van der Waals surface area contributed by atoms with Crippen molar-refractivity contribution in [3.8, 4) is 0 Å². The van der Waals surface area contributed by atoms with E-state index in [1.54, 1.807) is 31.0 Å². The predicted molar refractivity (Wildman–Crippen MR) is 108 cm³/mol. The van der Waals surface area contributed by atoms with E-state index < -0.39 is 5.60 Å². The number of amides is 1. The summed E-state index contributed by atoms with van der Waals surface area (Å²) in [6, 6.07) is 11.1. The van der Waals surface area contributed by atoms with Gasteiger partial charge in [-0.05, 0) is 39.0 Å². The van der Waals surface area contributed by atoms with Crippen LogP contribution in [0.15, 0.2) is 47.7 Å². The number of nitrogens with zero attached hydrogens (tertiary/aromatic N) is 4. The van der Waals surface area contributed by atoms with Gasteiger partial charge in [0.15, 0.2) is 0 Å². The number of carbonyl (C=O) groups is 1. The second-order valence-electron chi connectivity index (χ2n) is 7.06. The van der Waals surface area contributed by atoms with Crippen LogP contribution in [0, 0.1) is 0 Å². The minimum Gasteiger partial charge on any atom is -0.386 e. The molecule has 0 radical (unpaired) electrons. The highest BCUT2D eigenvalue weighted by molar-refractivity contribution is 5.99. The fourth-order valence-corrected chi connectivity index (χ4v) is 2.92. The van der Waals surface area contributed by atoms with E-state index in [2.05, 4.69) is 21.0 Å². The van der Waals surface area contributed by atoms with Crippen LogP contribution < -0.4 is 16.1 Å². The smallest absolute Gasteiger partial charge is 0.256 e. The Morgan fingerprint density at radius 2 is 2.04 bits per heavy atom.